The van der Waals surface area contributed by atoms with Crippen molar-refractivity contribution < 1.29 is 142 Å². The molecule has 30 nitrogen and oxygen atoms in total. The Morgan fingerprint density at radius 3 is 1.19 bits per heavy atom. The summed E-state index contributed by atoms with van der Waals surface area (Å²) in [5.41, 5.74) is 0. The number of ether oxygens (including phenoxy) is 16. The number of hydrogen-bond acceptors (Lipinski definition) is 30. The predicted molar refractivity (Wildman–Crippen MR) is 296 cm³/mol. The number of hydrogen-bond donors (Lipinski definition) is 0. The van der Waals surface area contributed by atoms with Crippen molar-refractivity contribution in [3.8, 4) is 11.5 Å². The molecule has 2 aromatic rings. The van der Waals surface area contributed by atoms with Crippen molar-refractivity contribution in [1.29, 1.82) is 0 Å². The number of carbonyl (C=O) groups is 10. The van der Waals surface area contributed by atoms with Gasteiger partial charge < -0.3 is 84.8 Å². The van der Waals surface area contributed by atoms with Crippen LogP contribution < -0.4 is 9.05 Å². The van der Waals surface area contributed by atoms with E-state index < -0.39 is 173 Å². The van der Waals surface area contributed by atoms with E-state index in [9.17, 15) is 52.5 Å². The van der Waals surface area contributed by atoms with Gasteiger partial charge in [-0.1, -0.05) is 62.1 Å². The van der Waals surface area contributed by atoms with Gasteiger partial charge in [-0.25, -0.2) is 4.57 Å². The van der Waals surface area contributed by atoms with Gasteiger partial charge in [-0.15, -0.1) is 0 Å². The smallest absolute Gasteiger partial charge is 0.469 e. The van der Waals surface area contributed by atoms with E-state index in [-0.39, 0.29) is 30.5 Å². The van der Waals surface area contributed by atoms with E-state index in [0.717, 1.165) is 81.6 Å². The van der Waals surface area contributed by atoms with Crippen molar-refractivity contribution in [2.75, 3.05) is 33.5 Å². The van der Waals surface area contributed by atoms with Gasteiger partial charge in [0.25, 0.3) is 0 Å². The molecule has 3 fully saturated rings. The Hall–Kier alpha value is -7.31. The van der Waals surface area contributed by atoms with Gasteiger partial charge in [-0.2, -0.15) is 0 Å². The Morgan fingerprint density at radius 2 is 0.753 bits per heavy atom. The molecule has 5 rings (SSSR count). The molecule has 0 N–H and O–H groups in total. The summed E-state index contributed by atoms with van der Waals surface area (Å²) in [7, 11) is -3.55. The quantitative estimate of drug-likeness (QED) is 0.0411. The first-order valence-corrected chi connectivity index (χ1v) is 29.9. The summed E-state index contributed by atoms with van der Waals surface area (Å²) in [6.07, 6.45) is -22.9. The molecular formula is C58H77O30P. The second-order valence-corrected chi connectivity index (χ2v) is 21.8. The second-order valence-electron chi connectivity index (χ2n) is 20.3. The molecule has 15 unspecified atom stereocenters. The van der Waals surface area contributed by atoms with E-state index in [1.165, 1.54) is 31.4 Å². The fourth-order valence-corrected chi connectivity index (χ4v) is 10.8. The van der Waals surface area contributed by atoms with E-state index in [4.69, 9.17) is 89.4 Å². The molecule has 89 heavy (non-hydrogen) atoms. The van der Waals surface area contributed by atoms with Crippen LogP contribution >= 0.6 is 7.82 Å². The number of methoxy groups -OCH3 is 1. The second kappa shape index (κ2) is 35.8. The van der Waals surface area contributed by atoms with Crippen molar-refractivity contribution in [3.63, 3.8) is 0 Å². The van der Waals surface area contributed by atoms with Gasteiger partial charge in [0.15, 0.2) is 73.8 Å². The third-order valence-corrected chi connectivity index (χ3v) is 14.3. The number of benzene rings is 2. The molecule has 0 radical (unpaired) electrons. The Balaban J connectivity index is 1.65. The van der Waals surface area contributed by atoms with Crippen LogP contribution in [0.3, 0.4) is 0 Å². The van der Waals surface area contributed by atoms with Gasteiger partial charge in [0, 0.05) is 75.3 Å². The lowest BCUT2D eigenvalue weighted by Gasteiger charge is -2.49. The first-order valence-electron chi connectivity index (χ1n) is 28.4. The van der Waals surface area contributed by atoms with E-state index >= 15 is 0 Å². The molecule has 3 aliphatic rings. The zero-order chi connectivity index (χ0) is 65.4. The molecular weight excluding hydrogens is 1210 g/mol. The van der Waals surface area contributed by atoms with Gasteiger partial charge in [0.1, 0.15) is 36.4 Å². The summed E-state index contributed by atoms with van der Waals surface area (Å²) >= 11 is 0. The highest BCUT2D eigenvalue weighted by Gasteiger charge is 2.59. The molecule has 3 heterocycles. The van der Waals surface area contributed by atoms with Crippen molar-refractivity contribution >= 4 is 67.5 Å². The van der Waals surface area contributed by atoms with Crippen LogP contribution in [-0.4, -0.2) is 185 Å². The number of para-hydroxylation sites is 2. The maximum absolute atomic E-state index is 14.8. The van der Waals surface area contributed by atoms with Crippen LogP contribution in [-0.2, 0) is 133 Å². The van der Waals surface area contributed by atoms with Gasteiger partial charge >= 0.3 is 67.5 Å². The third-order valence-electron chi connectivity index (χ3n) is 13.0. The SMILES string of the molecule is COC(=O)CCCCCCCCOC1OC(COC2OC(COP(=O)(Oc3ccccc3)Oc3ccccc3)C(OC(C)=O)C(OC(C)=O)C2OC2OC(COC(C)=O)C(OC(C)=O)C(OC(C)=O)C2OC(C)=O)C(OC(C)=O)C(OC(C)=O)C1OC(C)=O. The van der Waals surface area contributed by atoms with Crippen molar-refractivity contribution in [2.24, 2.45) is 0 Å². The molecule has 0 amide bonds. The highest BCUT2D eigenvalue weighted by molar-refractivity contribution is 7.49. The topological polar surface area (TPSA) is 363 Å². The maximum atomic E-state index is 14.8. The highest BCUT2D eigenvalue weighted by atomic mass is 31.2. The molecule has 31 heteroatoms. The van der Waals surface area contributed by atoms with Gasteiger partial charge in [0.2, 0.25) is 0 Å². The molecule has 0 aromatic heterocycles. The Morgan fingerprint density at radius 1 is 0.393 bits per heavy atom. The van der Waals surface area contributed by atoms with E-state index in [1.54, 1.807) is 36.4 Å². The number of rotatable bonds is 32. The summed E-state index contributed by atoms with van der Waals surface area (Å²) in [6.45, 7) is 6.51. The predicted octanol–water partition coefficient (Wildman–Crippen LogP) is 4.78. The van der Waals surface area contributed by atoms with Crippen molar-refractivity contribution in [1.82, 2.24) is 0 Å². The maximum Gasteiger partial charge on any atom is 0.587 e. The molecule has 0 aliphatic carbocycles. The summed E-state index contributed by atoms with van der Waals surface area (Å²) in [6, 6.07) is 15.4. The molecule has 0 saturated carbocycles. The average Bonchev–Trinajstić information content (AvgIpc) is 1.50. The lowest BCUT2D eigenvalue weighted by Crippen LogP contribution is -2.67. The standard InChI is InChI=1S/C58H77O30P/c1-32(59)72-29-43-47(75-33(2)60)52(80-38(7)65)55(82-40(9)67)58(85-43)86-54-51(79-37(6)64)49(77-35(4)62)45(31-74-89(69,87-41-23-17-15-18-24-41)88-42-25-19-16-20-26-42)84-57(54)73-30-44-48(76-34(3)61)50(78-36(5)63)53(81-39(8)66)56(83-44)71-28-22-14-12-11-13-21-27-46(68)70-10/h15-20,23-26,43-45,47-58H,11-14,21-22,27-31H2,1-10H3. The van der Waals surface area contributed by atoms with E-state index in [0.29, 0.717) is 19.3 Å². The van der Waals surface area contributed by atoms with Crippen LogP contribution in [0, 0.1) is 0 Å². The Labute approximate surface area is 513 Å². The molecule has 0 spiro atoms. The molecule has 3 saturated heterocycles. The van der Waals surface area contributed by atoms with Crippen LogP contribution in [0.5, 0.6) is 11.5 Å². The molecule has 494 valence electrons. The Bertz CT molecular complexity index is 2680. The summed E-state index contributed by atoms with van der Waals surface area (Å²) < 4.78 is 127. The van der Waals surface area contributed by atoms with E-state index in [1.807, 2.05) is 0 Å². The van der Waals surface area contributed by atoms with Crippen LogP contribution in [0.1, 0.15) is 107 Å². The Kier molecular flexibility index (Phi) is 29.1. The normalized spacial score (nSPS) is 26.6. The summed E-state index contributed by atoms with van der Waals surface area (Å²) in [4.78, 5) is 128. The largest absolute Gasteiger partial charge is 0.587 e. The van der Waals surface area contributed by atoms with Crippen LogP contribution in [0.2, 0.25) is 0 Å². The number of unbranched alkanes of at least 4 members (excludes halogenated alkanes) is 5. The summed E-state index contributed by atoms with van der Waals surface area (Å²) in [5, 5.41) is 0. The monoisotopic (exact) mass is 1280 g/mol. The van der Waals surface area contributed by atoms with Crippen LogP contribution in [0.25, 0.3) is 0 Å². The third kappa shape index (κ3) is 23.9. The minimum absolute atomic E-state index is 0.00863. The lowest BCUT2D eigenvalue weighted by molar-refractivity contribution is -0.373. The fourth-order valence-electron chi connectivity index (χ4n) is 9.55. The molecule has 0 bridgehead atoms. The average molecular weight is 1290 g/mol. The highest BCUT2D eigenvalue weighted by Crippen LogP contribution is 2.50. The van der Waals surface area contributed by atoms with Crippen molar-refractivity contribution in [3.05, 3.63) is 60.7 Å². The fraction of sp³-hybridized carbons (Fsp3) is 0.621. The van der Waals surface area contributed by atoms with Gasteiger partial charge in [-0.3, -0.25) is 52.5 Å². The van der Waals surface area contributed by atoms with Crippen molar-refractivity contribution in [2.45, 2.75) is 199 Å². The first-order chi connectivity index (χ1) is 42.3. The van der Waals surface area contributed by atoms with Gasteiger partial charge in [-0.05, 0) is 37.1 Å². The molecule has 2 aromatic carbocycles. The number of phosphoric acid groups is 1. The van der Waals surface area contributed by atoms with Crippen LogP contribution in [0.15, 0.2) is 60.7 Å². The minimum atomic E-state index is -4.86. The molecule has 3 aliphatic heterocycles. The first kappa shape index (κ1) is 72.4. The molecule has 15 atom stereocenters. The number of phosphoric ester groups is 1. The summed E-state index contributed by atoms with van der Waals surface area (Å²) in [5.74, 6) is -9.04. The van der Waals surface area contributed by atoms with Gasteiger partial charge in [0.05, 0.1) is 20.3 Å². The number of carbonyl (C=O) groups excluding carboxylic acids is 10. The lowest BCUT2D eigenvalue weighted by atomic mass is 9.96. The zero-order valence-electron chi connectivity index (χ0n) is 50.9. The number of esters is 10. The zero-order valence-corrected chi connectivity index (χ0v) is 51.8. The minimum Gasteiger partial charge on any atom is -0.469 e. The van der Waals surface area contributed by atoms with E-state index in [2.05, 4.69) is 0 Å². The van der Waals surface area contributed by atoms with Crippen LogP contribution in [0.4, 0.5) is 0 Å².